The van der Waals surface area contributed by atoms with Crippen LogP contribution in [-0.4, -0.2) is 17.2 Å². The number of rotatable bonds is 1. The van der Waals surface area contributed by atoms with Crippen LogP contribution in [0.4, 0.5) is 13.2 Å². The molecule has 1 aromatic carbocycles. The molecule has 2 aromatic rings. The van der Waals surface area contributed by atoms with Crippen LogP contribution in [0.15, 0.2) is 24.3 Å². The number of thiophene rings is 1. The lowest BCUT2D eigenvalue weighted by atomic mass is 9.89. The van der Waals surface area contributed by atoms with Gasteiger partial charge in [0.25, 0.3) is 0 Å². The van der Waals surface area contributed by atoms with Crippen molar-refractivity contribution in [1.29, 1.82) is 0 Å². The molecule has 0 aliphatic carbocycles. The average molecular weight is 246 g/mol. The lowest BCUT2D eigenvalue weighted by molar-refractivity contribution is -0.137. The minimum atomic E-state index is -4.38. The molecule has 2 N–H and O–H groups in total. The van der Waals surface area contributed by atoms with Gasteiger partial charge in [0, 0.05) is 9.48 Å². The first kappa shape index (κ1) is 11.4. The van der Waals surface area contributed by atoms with Crippen LogP contribution in [0.5, 0.6) is 0 Å². The molecule has 1 heterocycles. The summed E-state index contributed by atoms with van der Waals surface area (Å²) in [5, 5.41) is 18.2. The summed E-state index contributed by atoms with van der Waals surface area (Å²) in [6.45, 7) is 0. The third kappa shape index (κ3) is 2.06. The summed E-state index contributed by atoms with van der Waals surface area (Å²) in [6.07, 6.45) is -4.38. The third-order valence-corrected chi connectivity index (χ3v) is 3.27. The Morgan fingerprint density at radius 3 is 2.38 bits per heavy atom. The predicted octanol–water partition coefficient (Wildman–Crippen LogP) is 1.60. The average Bonchev–Trinajstić information content (AvgIpc) is 2.58. The summed E-state index contributed by atoms with van der Waals surface area (Å²) in [5.74, 6) is 0. The van der Waals surface area contributed by atoms with Gasteiger partial charge >= 0.3 is 13.3 Å². The first-order valence-corrected chi connectivity index (χ1v) is 5.16. The highest BCUT2D eigenvalue weighted by atomic mass is 32.1. The standard InChI is InChI=1S/C9H6BF3O2S/c11-9(12,13)6-1-2-7-5(3-6)4-8(16-7)10(14)15/h1-4,14-15H. The lowest BCUT2D eigenvalue weighted by Gasteiger charge is -2.05. The Balaban J connectivity index is 2.54. The highest BCUT2D eigenvalue weighted by Crippen LogP contribution is 2.32. The quantitative estimate of drug-likeness (QED) is 0.750. The van der Waals surface area contributed by atoms with E-state index in [1.807, 2.05) is 0 Å². The van der Waals surface area contributed by atoms with Gasteiger partial charge in [-0.05, 0) is 29.7 Å². The van der Waals surface area contributed by atoms with E-state index in [4.69, 9.17) is 10.0 Å². The van der Waals surface area contributed by atoms with Gasteiger partial charge < -0.3 is 10.0 Å². The number of alkyl halides is 3. The largest absolute Gasteiger partial charge is 0.499 e. The molecule has 1 aromatic heterocycles. The van der Waals surface area contributed by atoms with Gasteiger partial charge in [0.05, 0.1) is 5.56 Å². The fraction of sp³-hybridized carbons (Fsp3) is 0.111. The van der Waals surface area contributed by atoms with Crippen molar-refractivity contribution in [1.82, 2.24) is 0 Å². The van der Waals surface area contributed by atoms with Crippen LogP contribution in [0, 0.1) is 0 Å². The van der Waals surface area contributed by atoms with Gasteiger partial charge in [0.1, 0.15) is 0 Å². The maximum atomic E-state index is 12.4. The van der Waals surface area contributed by atoms with Crippen LogP contribution in [0.2, 0.25) is 0 Å². The van der Waals surface area contributed by atoms with E-state index in [-0.39, 0.29) is 4.78 Å². The monoisotopic (exact) mass is 246 g/mol. The summed E-state index contributed by atoms with van der Waals surface area (Å²) in [4.78, 5) is 0. The molecule has 84 valence electrons. The number of hydrogen-bond donors (Lipinski definition) is 2. The maximum Gasteiger partial charge on any atom is 0.499 e. The second-order valence-electron chi connectivity index (χ2n) is 3.27. The molecule has 16 heavy (non-hydrogen) atoms. The summed E-state index contributed by atoms with van der Waals surface area (Å²) in [6, 6.07) is 4.65. The van der Waals surface area contributed by atoms with E-state index in [2.05, 4.69) is 0 Å². The van der Waals surface area contributed by atoms with Crippen LogP contribution in [-0.2, 0) is 6.18 Å². The van der Waals surface area contributed by atoms with Crippen molar-refractivity contribution in [2.24, 2.45) is 0 Å². The van der Waals surface area contributed by atoms with Crippen molar-refractivity contribution in [3.63, 3.8) is 0 Å². The smallest absolute Gasteiger partial charge is 0.423 e. The topological polar surface area (TPSA) is 40.5 Å². The fourth-order valence-electron chi connectivity index (χ4n) is 1.37. The van der Waals surface area contributed by atoms with Crippen LogP contribution < -0.4 is 4.78 Å². The molecule has 2 rings (SSSR count). The number of benzene rings is 1. The zero-order valence-corrected chi connectivity index (χ0v) is 8.64. The summed E-state index contributed by atoms with van der Waals surface area (Å²) in [7, 11) is -1.65. The van der Waals surface area contributed by atoms with Crippen molar-refractivity contribution in [3.8, 4) is 0 Å². The third-order valence-electron chi connectivity index (χ3n) is 2.12. The van der Waals surface area contributed by atoms with E-state index in [9.17, 15) is 13.2 Å². The van der Waals surface area contributed by atoms with Crippen LogP contribution in [0.25, 0.3) is 10.1 Å². The van der Waals surface area contributed by atoms with Crippen LogP contribution in [0.1, 0.15) is 5.56 Å². The second kappa shape index (κ2) is 3.76. The number of hydrogen-bond acceptors (Lipinski definition) is 3. The first-order chi connectivity index (χ1) is 7.38. The molecular weight excluding hydrogens is 240 g/mol. The molecule has 0 spiro atoms. The molecule has 0 bridgehead atoms. The molecule has 0 saturated heterocycles. The summed E-state index contributed by atoms with van der Waals surface area (Å²) in [5.41, 5.74) is -0.739. The molecule has 0 aliphatic rings. The van der Waals surface area contributed by atoms with Gasteiger partial charge in [0.15, 0.2) is 0 Å². The van der Waals surface area contributed by atoms with Crippen LogP contribution in [0.3, 0.4) is 0 Å². The van der Waals surface area contributed by atoms with E-state index in [0.29, 0.717) is 10.1 Å². The maximum absolute atomic E-state index is 12.4. The molecule has 0 atom stereocenters. The van der Waals surface area contributed by atoms with Gasteiger partial charge in [-0.25, -0.2) is 0 Å². The predicted molar refractivity (Wildman–Crippen MR) is 56.7 cm³/mol. The van der Waals surface area contributed by atoms with Crippen molar-refractivity contribution >= 4 is 33.3 Å². The highest BCUT2D eigenvalue weighted by Gasteiger charge is 2.30. The molecule has 0 radical (unpaired) electrons. The van der Waals surface area contributed by atoms with Gasteiger partial charge in [-0.15, -0.1) is 11.3 Å². The van der Waals surface area contributed by atoms with Crippen molar-refractivity contribution in [2.75, 3.05) is 0 Å². The Labute approximate surface area is 93.1 Å². The fourth-order valence-corrected chi connectivity index (χ4v) is 2.28. The Bertz CT molecular complexity index is 521. The van der Waals surface area contributed by atoms with E-state index in [1.165, 1.54) is 12.1 Å². The molecule has 0 aliphatic heterocycles. The van der Waals surface area contributed by atoms with Crippen molar-refractivity contribution in [3.05, 3.63) is 29.8 Å². The van der Waals surface area contributed by atoms with E-state index in [0.717, 1.165) is 23.5 Å². The minimum absolute atomic E-state index is 0.231. The Morgan fingerprint density at radius 2 is 1.81 bits per heavy atom. The highest BCUT2D eigenvalue weighted by molar-refractivity contribution is 7.27. The number of halogens is 3. The SMILES string of the molecule is OB(O)c1cc2cc(C(F)(F)F)ccc2s1. The molecular formula is C9H6BF3O2S. The summed E-state index contributed by atoms with van der Waals surface area (Å²) < 4.78 is 38.0. The van der Waals surface area contributed by atoms with Crippen molar-refractivity contribution < 1.29 is 23.2 Å². The molecule has 2 nitrogen and oxygen atoms in total. The first-order valence-electron chi connectivity index (χ1n) is 4.35. The van der Waals surface area contributed by atoms with E-state index < -0.39 is 18.9 Å². The van der Waals surface area contributed by atoms with Gasteiger partial charge in [0.2, 0.25) is 0 Å². The molecule has 0 saturated carbocycles. The van der Waals surface area contributed by atoms with Crippen molar-refractivity contribution in [2.45, 2.75) is 6.18 Å². The van der Waals surface area contributed by atoms with Gasteiger partial charge in [-0.3, -0.25) is 0 Å². The Kier molecular flexibility index (Phi) is 2.69. The van der Waals surface area contributed by atoms with E-state index in [1.54, 1.807) is 0 Å². The van der Waals surface area contributed by atoms with E-state index >= 15 is 0 Å². The molecule has 0 unspecified atom stereocenters. The van der Waals surface area contributed by atoms with Gasteiger partial charge in [-0.1, -0.05) is 0 Å². The van der Waals surface area contributed by atoms with Crippen LogP contribution >= 0.6 is 11.3 Å². The second-order valence-corrected chi connectivity index (χ2v) is 4.39. The molecule has 7 heteroatoms. The Hall–Kier alpha value is -1.05. The normalized spacial score (nSPS) is 12.1. The Morgan fingerprint density at radius 1 is 1.12 bits per heavy atom. The molecule has 0 amide bonds. The van der Waals surface area contributed by atoms with Gasteiger partial charge in [-0.2, -0.15) is 13.2 Å². The molecule has 0 fully saturated rings. The lowest BCUT2D eigenvalue weighted by Crippen LogP contribution is -2.26. The minimum Gasteiger partial charge on any atom is -0.423 e. The zero-order valence-electron chi connectivity index (χ0n) is 7.82. The summed E-state index contributed by atoms with van der Waals surface area (Å²) >= 11 is 1.06. The number of fused-ring (bicyclic) bond motifs is 1. The zero-order chi connectivity index (χ0) is 11.9.